The van der Waals surface area contributed by atoms with Crippen LogP contribution in [0.15, 0.2) is 30.3 Å². The van der Waals surface area contributed by atoms with Crippen molar-refractivity contribution in [3.63, 3.8) is 0 Å². The van der Waals surface area contributed by atoms with Crippen LogP contribution in [0.4, 0.5) is 0 Å². The van der Waals surface area contributed by atoms with Crippen molar-refractivity contribution in [1.82, 2.24) is 4.90 Å². The van der Waals surface area contributed by atoms with Crippen LogP contribution in [0.25, 0.3) is 0 Å². The third-order valence-corrected chi connectivity index (χ3v) is 6.54. The number of carbonyl (C=O) groups excluding carboxylic acids is 1. The molecule has 1 saturated carbocycles. The molecule has 0 aromatic heterocycles. The molecule has 3 heteroatoms. The van der Waals surface area contributed by atoms with Crippen LogP contribution in [0, 0.1) is 11.3 Å². The van der Waals surface area contributed by atoms with E-state index in [1.807, 2.05) is 0 Å². The minimum absolute atomic E-state index is 0.000767. The first kappa shape index (κ1) is 17.5. The SMILES string of the molecule is COC(=O)C1(C(C)C)CCC(N2CCC(c3ccccc3)CC2)C1. The van der Waals surface area contributed by atoms with Gasteiger partial charge in [0.25, 0.3) is 0 Å². The van der Waals surface area contributed by atoms with Gasteiger partial charge in [0.05, 0.1) is 12.5 Å². The van der Waals surface area contributed by atoms with Crippen molar-refractivity contribution >= 4 is 5.97 Å². The second-order valence-corrected chi connectivity index (χ2v) is 7.92. The fourth-order valence-electron chi connectivity index (χ4n) is 4.83. The molecule has 2 aliphatic rings. The fourth-order valence-corrected chi connectivity index (χ4v) is 4.83. The second-order valence-electron chi connectivity index (χ2n) is 7.92. The molecule has 1 aromatic rings. The van der Waals surface area contributed by atoms with Gasteiger partial charge in [0.1, 0.15) is 0 Å². The first-order chi connectivity index (χ1) is 11.6. The van der Waals surface area contributed by atoms with E-state index in [0.29, 0.717) is 17.9 Å². The molecule has 0 N–H and O–H groups in total. The number of methoxy groups -OCH3 is 1. The molecule has 132 valence electrons. The summed E-state index contributed by atoms with van der Waals surface area (Å²) in [6, 6.07) is 11.4. The van der Waals surface area contributed by atoms with Crippen LogP contribution in [0.3, 0.4) is 0 Å². The zero-order valence-corrected chi connectivity index (χ0v) is 15.3. The van der Waals surface area contributed by atoms with E-state index in [4.69, 9.17) is 4.74 Å². The molecule has 0 spiro atoms. The average molecular weight is 329 g/mol. The molecule has 2 atom stereocenters. The van der Waals surface area contributed by atoms with Gasteiger partial charge in [-0.05, 0) is 62.6 Å². The highest BCUT2D eigenvalue weighted by molar-refractivity contribution is 5.77. The highest BCUT2D eigenvalue weighted by Crippen LogP contribution is 2.47. The number of nitrogens with zero attached hydrogens (tertiary/aromatic N) is 1. The van der Waals surface area contributed by atoms with Gasteiger partial charge in [-0.3, -0.25) is 4.79 Å². The topological polar surface area (TPSA) is 29.5 Å². The largest absolute Gasteiger partial charge is 0.469 e. The Bertz CT molecular complexity index is 548. The monoisotopic (exact) mass is 329 g/mol. The lowest BCUT2D eigenvalue weighted by Gasteiger charge is -2.37. The Morgan fingerprint density at radius 2 is 1.83 bits per heavy atom. The molecular weight excluding hydrogens is 298 g/mol. The van der Waals surface area contributed by atoms with Crippen LogP contribution in [0.2, 0.25) is 0 Å². The normalized spacial score (nSPS) is 29.1. The lowest BCUT2D eigenvalue weighted by molar-refractivity contribution is -0.155. The predicted molar refractivity (Wildman–Crippen MR) is 96.9 cm³/mol. The zero-order valence-electron chi connectivity index (χ0n) is 15.3. The van der Waals surface area contributed by atoms with Crippen molar-refractivity contribution in [1.29, 1.82) is 0 Å². The van der Waals surface area contributed by atoms with E-state index >= 15 is 0 Å². The van der Waals surface area contributed by atoms with Crippen molar-refractivity contribution in [2.24, 2.45) is 11.3 Å². The number of esters is 1. The number of ether oxygens (including phenoxy) is 1. The Labute approximate surface area is 146 Å². The molecule has 1 aliphatic carbocycles. The molecule has 24 heavy (non-hydrogen) atoms. The number of carbonyl (C=O) groups is 1. The molecule has 1 aliphatic heterocycles. The number of likely N-dealkylation sites (tertiary alicyclic amines) is 1. The Kier molecular flexibility index (Phi) is 5.29. The fraction of sp³-hybridized carbons (Fsp3) is 0.667. The summed E-state index contributed by atoms with van der Waals surface area (Å²) in [4.78, 5) is 15.0. The maximum atomic E-state index is 12.4. The maximum absolute atomic E-state index is 12.4. The number of hydrogen-bond donors (Lipinski definition) is 0. The van der Waals surface area contributed by atoms with Crippen LogP contribution in [-0.2, 0) is 9.53 Å². The second kappa shape index (κ2) is 7.26. The van der Waals surface area contributed by atoms with Gasteiger partial charge < -0.3 is 9.64 Å². The van der Waals surface area contributed by atoms with Crippen molar-refractivity contribution in [3.05, 3.63) is 35.9 Å². The van der Waals surface area contributed by atoms with Crippen LogP contribution in [0.5, 0.6) is 0 Å². The molecule has 3 rings (SSSR count). The summed E-state index contributed by atoms with van der Waals surface area (Å²) in [6.07, 6.45) is 5.53. The Hall–Kier alpha value is -1.35. The maximum Gasteiger partial charge on any atom is 0.312 e. The third kappa shape index (κ3) is 3.23. The van der Waals surface area contributed by atoms with Crippen LogP contribution in [0.1, 0.15) is 57.4 Å². The van der Waals surface area contributed by atoms with Gasteiger partial charge in [-0.1, -0.05) is 44.2 Å². The van der Waals surface area contributed by atoms with Crippen molar-refractivity contribution in [2.45, 2.75) is 57.9 Å². The van der Waals surface area contributed by atoms with E-state index in [9.17, 15) is 4.79 Å². The summed E-state index contributed by atoms with van der Waals surface area (Å²) in [5.41, 5.74) is 1.21. The van der Waals surface area contributed by atoms with Gasteiger partial charge in [-0.2, -0.15) is 0 Å². The average Bonchev–Trinajstić information content (AvgIpc) is 3.09. The minimum Gasteiger partial charge on any atom is -0.469 e. The predicted octanol–water partition coefficient (Wildman–Crippen LogP) is 4.23. The summed E-state index contributed by atoms with van der Waals surface area (Å²) in [7, 11) is 1.53. The summed E-state index contributed by atoms with van der Waals surface area (Å²) >= 11 is 0. The number of hydrogen-bond acceptors (Lipinski definition) is 3. The summed E-state index contributed by atoms with van der Waals surface area (Å²) in [6.45, 7) is 6.64. The first-order valence-electron chi connectivity index (χ1n) is 9.44. The molecule has 0 bridgehead atoms. The highest BCUT2D eigenvalue weighted by atomic mass is 16.5. The number of rotatable bonds is 4. The van der Waals surface area contributed by atoms with E-state index in [-0.39, 0.29) is 11.4 Å². The zero-order chi connectivity index (χ0) is 17.2. The first-order valence-corrected chi connectivity index (χ1v) is 9.44. The Morgan fingerprint density at radius 3 is 2.42 bits per heavy atom. The lowest BCUT2D eigenvalue weighted by atomic mass is 9.75. The quantitative estimate of drug-likeness (QED) is 0.774. The van der Waals surface area contributed by atoms with Gasteiger partial charge in [-0.15, -0.1) is 0 Å². The van der Waals surface area contributed by atoms with Crippen molar-refractivity contribution in [3.8, 4) is 0 Å². The summed E-state index contributed by atoms with van der Waals surface area (Å²) in [5.74, 6) is 1.04. The summed E-state index contributed by atoms with van der Waals surface area (Å²) < 4.78 is 5.15. The third-order valence-electron chi connectivity index (χ3n) is 6.54. The van der Waals surface area contributed by atoms with Crippen LogP contribution < -0.4 is 0 Å². The molecule has 3 nitrogen and oxygen atoms in total. The molecule has 0 radical (unpaired) electrons. The van der Waals surface area contributed by atoms with E-state index in [1.54, 1.807) is 0 Å². The van der Waals surface area contributed by atoms with E-state index in [2.05, 4.69) is 49.1 Å². The minimum atomic E-state index is -0.268. The Morgan fingerprint density at radius 1 is 1.17 bits per heavy atom. The van der Waals surface area contributed by atoms with Crippen LogP contribution in [-0.4, -0.2) is 37.1 Å². The standard InChI is InChI=1S/C21H31NO2/c1-16(2)21(20(23)24-3)12-9-19(15-21)22-13-10-18(11-14-22)17-7-5-4-6-8-17/h4-8,16,18-19H,9-15H2,1-3H3. The highest BCUT2D eigenvalue weighted by Gasteiger charge is 2.49. The lowest BCUT2D eigenvalue weighted by Crippen LogP contribution is -2.42. The molecule has 2 unspecified atom stereocenters. The molecule has 1 aromatic carbocycles. The molecular formula is C21H31NO2. The van der Waals surface area contributed by atoms with Gasteiger partial charge in [0.15, 0.2) is 0 Å². The molecule has 2 fully saturated rings. The van der Waals surface area contributed by atoms with E-state index < -0.39 is 0 Å². The van der Waals surface area contributed by atoms with Crippen LogP contribution >= 0.6 is 0 Å². The molecule has 1 saturated heterocycles. The molecule has 0 amide bonds. The number of piperidine rings is 1. The molecule has 1 heterocycles. The Balaban J connectivity index is 1.61. The smallest absolute Gasteiger partial charge is 0.312 e. The van der Waals surface area contributed by atoms with E-state index in [0.717, 1.165) is 32.4 Å². The van der Waals surface area contributed by atoms with Gasteiger partial charge in [0, 0.05) is 6.04 Å². The number of benzene rings is 1. The van der Waals surface area contributed by atoms with Gasteiger partial charge in [-0.25, -0.2) is 0 Å². The van der Waals surface area contributed by atoms with Gasteiger partial charge >= 0.3 is 5.97 Å². The van der Waals surface area contributed by atoms with E-state index in [1.165, 1.54) is 25.5 Å². The summed E-state index contributed by atoms with van der Waals surface area (Å²) in [5, 5.41) is 0. The van der Waals surface area contributed by atoms with Crippen molar-refractivity contribution in [2.75, 3.05) is 20.2 Å². The van der Waals surface area contributed by atoms with Gasteiger partial charge in [0.2, 0.25) is 0 Å². The van der Waals surface area contributed by atoms with Crippen molar-refractivity contribution < 1.29 is 9.53 Å².